The van der Waals surface area contributed by atoms with Crippen LogP contribution < -0.4 is 5.32 Å². The zero-order chi connectivity index (χ0) is 16.5. The fourth-order valence-electron chi connectivity index (χ4n) is 2.93. The summed E-state index contributed by atoms with van der Waals surface area (Å²) in [6.07, 6.45) is 5.71. The summed E-state index contributed by atoms with van der Waals surface area (Å²) < 4.78 is 12.4. The molecule has 3 aromatic heterocycles. The Morgan fingerprint density at radius 3 is 3.00 bits per heavy atom. The fraction of sp³-hybridized carbons (Fsp3) is 0.375. The highest BCUT2D eigenvalue weighted by Crippen LogP contribution is 2.24. The zero-order valence-corrected chi connectivity index (χ0v) is 13.3. The second-order valence-electron chi connectivity index (χ2n) is 5.84. The van der Waals surface area contributed by atoms with Crippen molar-refractivity contribution in [2.75, 3.05) is 0 Å². The van der Waals surface area contributed by atoms with E-state index in [-0.39, 0.29) is 12.5 Å². The number of nitrogens with one attached hydrogen (secondary N) is 1. The van der Waals surface area contributed by atoms with E-state index in [9.17, 15) is 4.79 Å². The highest BCUT2D eigenvalue weighted by molar-refractivity contribution is 5.93. The number of nitrogens with zero attached hydrogens (tertiary/aromatic N) is 4. The number of fused-ring (bicyclic) bond motifs is 1. The Hall–Kier alpha value is -2.90. The van der Waals surface area contributed by atoms with E-state index in [4.69, 9.17) is 9.05 Å². The van der Waals surface area contributed by atoms with Crippen molar-refractivity contribution in [2.24, 2.45) is 7.05 Å². The predicted octanol–water partition coefficient (Wildman–Crippen LogP) is 1.87. The van der Waals surface area contributed by atoms with Gasteiger partial charge in [-0.2, -0.15) is 4.98 Å². The smallest absolute Gasteiger partial charge is 0.274 e. The molecule has 1 amide bonds. The van der Waals surface area contributed by atoms with Gasteiger partial charge in [0, 0.05) is 25.2 Å². The molecule has 0 unspecified atom stereocenters. The van der Waals surface area contributed by atoms with Gasteiger partial charge < -0.3 is 18.9 Å². The monoisotopic (exact) mass is 327 g/mol. The summed E-state index contributed by atoms with van der Waals surface area (Å²) in [5.41, 5.74) is 2.14. The predicted molar refractivity (Wildman–Crippen MR) is 83.0 cm³/mol. The molecule has 0 aromatic carbocycles. The first-order valence-corrected chi connectivity index (χ1v) is 7.92. The maximum atomic E-state index is 12.3. The topological polar surface area (TPSA) is 99.0 Å². The summed E-state index contributed by atoms with van der Waals surface area (Å²) in [4.78, 5) is 16.6. The Balaban J connectivity index is 1.44. The molecule has 1 aliphatic rings. The van der Waals surface area contributed by atoms with E-state index in [2.05, 4.69) is 20.6 Å². The van der Waals surface area contributed by atoms with E-state index in [1.807, 2.05) is 29.9 Å². The first-order chi connectivity index (χ1) is 11.7. The van der Waals surface area contributed by atoms with Gasteiger partial charge in [-0.05, 0) is 31.4 Å². The highest BCUT2D eigenvalue weighted by Gasteiger charge is 2.24. The lowest BCUT2D eigenvalue weighted by atomic mass is 9.96. The third-order valence-corrected chi connectivity index (χ3v) is 4.21. The number of aryl methyl sites for hydroxylation is 2. The number of carbonyl (C=O) groups is 1. The number of amides is 1. The zero-order valence-electron chi connectivity index (χ0n) is 13.3. The van der Waals surface area contributed by atoms with E-state index < -0.39 is 0 Å². The van der Waals surface area contributed by atoms with Crippen LogP contribution in [0.2, 0.25) is 0 Å². The van der Waals surface area contributed by atoms with Crippen molar-refractivity contribution in [3.8, 4) is 11.5 Å². The van der Waals surface area contributed by atoms with Crippen LogP contribution in [0.1, 0.15) is 40.5 Å². The minimum Gasteiger partial charge on any atom is -0.360 e. The van der Waals surface area contributed by atoms with Crippen LogP contribution in [0.5, 0.6) is 0 Å². The molecule has 0 saturated carbocycles. The lowest BCUT2D eigenvalue weighted by molar-refractivity contribution is 0.0936. The maximum Gasteiger partial charge on any atom is 0.274 e. The molecule has 0 bridgehead atoms. The lowest BCUT2D eigenvalue weighted by Crippen LogP contribution is -2.24. The largest absolute Gasteiger partial charge is 0.360 e. The molecule has 0 aliphatic heterocycles. The van der Waals surface area contributed by atoms with E-state index in [0.29, 0.717) is 17.4 Å². The van der Waals surface area contributed by atoms with Crippen molar-refractivity contribution >= 4 is 5.91 Å². The van der Waals surface area contributed by atoms with Gasteiger partial charge in [-0.3, -0.25) is 4.79 Å². The number of rotatable bonds is 4. The number of hydrogen-bond acceptors (Lipinski definition) is 6. The number of hydrogen-bond donors (Lipinski definition) is 1. The highest BCUT2D eigenvalue weighted by atomic mass is 16.5. The molecule has 24 heavy (non-hydrogen) atoms. The molecule has 8 nitrogen and oxygen atoms in total. The van der Waals surface area contributed by atoms with E-state index in [1.54, 1.807) is 0 Å². The molecule has 3 heterocycles. The van der Waals surface area contributed by atoms with Gasteiger partial charge >= 0.3 is 0 Å². The first kappa shape index (κ1) is 14.7. The minimum absolute atomic E-state index is 0.151. The molecule has 0 fully saturated rings. The van der Waals surface area contributed by atoms with Gasteiger partial charge in [0.2, 0.25) is 11.7 Å². The normalized spacial score (nSPS) is 13.7. The van der Waals surface area contributed by atoms with E-state index in [1.165, 1.54) is 0 Å². The molecule has 0 atom stereocenters. The molecule has 3 aromatic rings. The van der Waals surface area contributed by atoms with Crippen LogP contribution in [0, 0.1) is 0 Å². The molecular formula is C16H17N5O3. The average molecular weight is 327 g/mol. The van der Waals surface area contributed by atoms with Crippen LogP contribution in [-0.4, -0.2) is 25.8 Å². The summed E-state index contributed by atoms with van der Waals surface area (Å²) in [7, 11) is 1.90. The van der Waals surface area contributed by atoms with Crippen molar-refractivity contribution in [2.45, 2.75) is 32.2 Å². The van der Waals surface area contributed by atoms with Gasteiger partial charge in [0.25, 0.3) is 5.91 Å². The van der Waals surface area contributed by atoms with Crippen LogP contribution in [0.25, 0.3) is 11.5 Å². The molecule has 0 spiro atoms. The molecule has 8 heteroatoms. The van der Waals surface area contributed by atoms with Crippen LogP contribution in [0.4, 0.5) is 0 Å². The Bertz CT molecular complexity index is 876. The number of aromatic nitrogens is 4. The SMILES string of the molecule is Cn1cccc1-c1noc(CNC(=O)c2noc3c2CCCC3)n1. The summed E-state index contributed by atoms with van der Waals surface area (Å²) >= 11 is 0. The van der Waals surface area contributed by atoms with Crippen LogP contribution in [0.15, 0.2) is 27.4 Å². The fourth-order valence-corrected chi connectivity index (χ4v) is 2.93. The average Bonchev–Trinajstić information content (AvgIpc) is 3.31. The van der Waals surface area contributed by atoms with Crippen LogP contribution in [-0.2, 0) is 26.4 Å². The second-order valence-corrected chi connectivity index (χ2v) is 5.84. The van der Waals surface area contributed by atoms with Gasteiger partial charge in [-0.1, -0.05) is 10.3 Å². The van der Waals surface area contributed by atoms with Gasteiger partial charge in [0.05, 0.1) is 12.2 Å². The third-order valence-electron chi connectivity index (χ3n) is 4.21. The molecular weight excluding hydrogens is 310 g/mol. The van der Waals surface area contributed by atoms with E-state index in [0.717, 1.165) is 42.7 Å². The Morgan fingerprint density at radius 2 is 2.17 bits per heavy atom. The summed E-state index contributed by atoms with van der Waals surface area (Å²) in [5.74, 6) is 1.39. The van der Waals surface area contributed by atoms with Crippen molar-refractivity contribution in [3.63, 3.8) is 0 Å². The second kappa shape index (κ2) is 5.95. The Labute approximate surface area is 137 Å². The minimum atomic E-state index is -0.277. The van der Waals surface area contributed by atoms with Crippen molar-refractivity contribution in [3.05, 3.63) is 41.2 Å². The van der Waals surface area contributed by atoms with Gasteiger partial charge in [0.15, 0.2) is 5.69 Å². The Kier molecular flexibility index (Phi) is 3.64. The molecule has 0 radical (unpaired) electrons. The van der Waals surface area contributed by atoms with Crippen molar-refractivity contribution < 1.29 is 13.8 Å². The number of carbonyl (C=O) groups excluding carboxylic acids is 1. The van der Waals surface area contributed by atoms with Crippen molar-refractivity contribution in [1.29, 1.82) is 0 Å². The Morgan fingerprint density at radius 1 is 1.29 bits per heavy atom. The van der Waals surface area contributed by atoms with E-state index >= 15 is 0 Å². The van der Waals surface area contributed by atoms with Gasteiger partial charge in [-0.25, -0.2) is 0 Å². The van der Waals surface area contributed by atoms with Crippen LogP contribution >= 0.6 is 0 Å². The third kappa shape index (κ3) is 2.60. The van der Waals surface area contributed by atoms with Crippen LogP contribution in [0.3, 0.4) is 0 Å². The standard InChI is InChI=1S/C16H17N5O3/c1-21-8-4-6-11(21)15-18-13(24-20-15)9-17-16(22)14-10-5-2-3-7-12(10)23-19-14/h4,6,8H,2-3,5,7,9H2,1H3,(H,17,22). The van der Waals surface area contributed by atoms with Crippen molar-refractivity contribution in [1.82, 2.24) is 25.2 Å². The summed E-state index contributed by atoms with van der Waals surface area (Å²) in [5, 5.41) is 10.6. The molecule has 1 N–H and O–H groups in total. The maximum absolute atomic E-state index is 12.3. The molecule has 124 valence electrons. The quantitative estimate of drug-likeness (QED) is 0.785. The summed E-state index contributed by atoms with van der Waals surface area (Å²) in [6.45, 7) is 0.151. The van der Waals surface area contributed by atoms with Gasteiger partial charge in [-0.15, -0.1) is 0 Å². The van der Waals surface area contributed by atoms with Gasteiger partial charge in [0.1, 0.15) is 5.76 Å². The molecule has 4 rings (SSSR count). The lowest BCUT2D eigenvalue weighted by Gasteiger charge is -2.08. The summed E-state index contributed by atoms with van der Waals surface area (Å²) in [6, 6.07) is 3.80. The molecule has 1 aliphatic carbocycles. The first-order valence-electron chi connectivity index (χ1n) is 7.92. The molecule has 0 saturated heterocycles.